The van der Waals surface area contributed by atoms with Gasteiger partial charge in [0.1, 0.15) is 17.5 Å². The number of piperidine rings is 1. The van der Waals surface area contributed by atoms with Gasteiger partial charge in [0.05, 0.1) is 11.0 Å². The zero-order chi connectivity index (χ0) is 17.3. The Bertz CT molecular complexity index is 761. The van der Waals surface area contributed by atoms with E-state index in [0.29, 0.717) is 12.8 Å². The maximum absolute atomic E-state index is 12.8. The average molecular weight is 344 g/mol. The van der Waals surface area contributed by atoms with E-state index < -0.39 is 5.60 Å². The van der Waals surface area contributed by atoms with E-state index in [1.807, 2.05) is 18.2 Å². The SMILES string of the molecule is COC1(C(=O)Nc2ccc3nc(C4CCCO4)[nH]c3c2)CCNCC1. The largest absolute Gasteiger partial charge is 0.370 e. The minimum absolute atomic E-state index is 0.0527. The number of fused-ring (bicyclic) bond motifs is 1. The predicted octanol–water partition coefficient (Wildman–Crippen LogP) is 2.12. The number of imidazole rings is 1. The van der Waals surface area contributed by atoms with Crippen molar-refractivity contribution in [3.8, 4) is 0 Å². The first kappa shape index (κ1) is 16.5. The third kappa shape index (κ3) is 3.15. The number of aromatic nitrogens is 2. The van der Waals surface area contributed by atoms with E-state index in [9.17, 15) is 4.79 Å². The molecule has 0 radical (unpaired) electrons. The smallest absolute Gasteiger partial charge is 0.256 e. The normalized spacial score (nSPS) is 23.0. The van der Waals surface area contributed by atoms with Crippen LogP contribution in [0.2, 0.25) is 0 Å². The van der Waals surface area contributed by atoms with Crippen LogP contribution >= 0.6 is 0 Å². The van der Waals surface area contributed by atoms with Gasteiger partial charge in [0, 0.05) is 19.4 Å². The fourth-order valence-electron chi connectivity index (χ4n) is 3.65. The van der Waals surface area contributed by atoms with Crippen molar-refractivity contribution in [3.63, 3.8) is 0 Å². The Morgan fingerprint density at radius 1 is 1.40 bits per heavy atom. The summed E-state index contributed by atoms with van der Waals surface area (Å²) in [6.45, 7) is 2.36. The second kappa shape index (κ2) is 6.74. The van der Waals surface area contributed by atoms with Crippen molar-refractivity contribution in [1.82, 2.24) is 15.3 Å². The number of carbonyl (C=O) groups excluding carboxylic acids is 1. The van der Waals surface area contributed by atoms with E-state index in [4.69, 9.17) is 9.47 Å². The molecule has 0 bridgehead atoms. The zero-order valence-corrected chi connectivity index (χ0v) is 14.4. The molecule has 4 rings (SSSR count). The summed E-state index contributed by atoms with van der Waals surface area (Å²) < 4.78 is 11.3. The molecule has 1 unspecified atom stereocenters. The van der Waals surface area contributed by atoms with Gasteiger partial charge >= 0.3 is 0 Å². The molecular weight excluding hydrogens is 320 g/mol. The van der Waals surface area contributed by atoms with Crippen LogP contribution in [-0.2, 0) is 14.3 Å². The minimum atomic E-state index is -0.753. The number of nitrogens with zero attached hydrogens (tertiary/aromatic N) is 1. The second-order valence-corrected chi connectivity index (χ2v) is 6.76. The Morgan fingerprint density at radius 2 is 2.24 bits per heavy atom. The summed E-state index contributed by atoms with van der Waals surface area (Å²) in [5.74, 6) is 0.775. The summed E-state index contributed by atoms with van der Waals surface area (Å²) in [5.41, 5.74) is 1.78. The average Bonchev–Trinajstić information content (AvgIpc) is 3.31. The second-order valence-electron chi connectivity index (χ2n) is 6.76. The molecule has 7 heteroatoms. The van der Waals surface area contributed by atoms with Crippen molar-refractivity contribution in [3.05, 3.63) is 24.0 Å². The maximum Gasteiger partial charge on any atom is 0.256 e. The number of nitrogens with one attached hydrogen (secondary N) is 3. The molecule has 25 heavy (non-hydrogen) atoms. The molecule has 0 aliphatic carbocycles. The van der Waals surface area contributed by atoms with Crippen molar-refractivity contribution in [2.45, 2.75) is 37.4 Å². The van der Waals surface area contributed by atoms with Crippen molar-refractivity contribution in [1.29, 1.82) is 0 Å². The molecular formula is C18H24N4O3. The van der Waals surface area contributed by atoms with Gasteiger partial charge in [-0.05, 0) is 57.0 Å². The number of methoxy groups -OCH3 is 1. The molecule has 2 aliphatic rings. The fraction of sp³-hybridized carbons (Fsp3) is 0.556. The maximum atomic E-state index is 12.8. The van der Waals surface area contributed by atoms with Crippen LogP contribution in [0, 0.1) is 0 Å². The molecule has 1 aromatic carbocycles. The van der Waals surface area contributed by atoms with Crippen molar-refractivity contribution >= 4 is 22.6 Å². The van der Waals surface area contributed by atoms with Gasteiger partial charge in [-0.1, -0.05) is 0 Å². The molecule has 1 aromatic heterocycles. The van der Waals surface area contributed by atoms with E-state index in [1.165, 1.54) is 0 Å². The van der Waals surface area contributed by atoms with Crippen LogP contribution in [0.25, 0.3) is 11.0 Å². The molecule has 1 atom stereocenters. The Morgan fingerprint density at radius 3 is 2.96 bits per heavy atom. The van der Waals surface area contributed by atoms with Crippen molar-refractivity contribution in [2.75, 3.05) is 32.1 Å². The lowest BCUT2D eigenvalue weighted by molar-refractivity contribution is -0.140. The highest BCUT2D eigenvalue weighted by atomic mass is 16.5. The number of amides is 1. The van der Waals surface area contributed by atoms with Gasteiger partial charge in [0.15, 0.2) is 0 Å². The highest BCUT2D eigenvalue weighted by molar-refractivity contribution is 5.98. The Labute approximate surface area is 146 Å². The molecule has 2 fully saturated rings. The number of hydrogen-bond acceptors (Lipinski definition) is 5. The highest BCUT2D eigenvalue weighted by Crippen LogP contribution is 2.29. The van der Waals surface area contributed by atoms with Crippen molar-refractivity contribution in [2.24, 2.45) is 0 Å². The van der Waals surface area contributed by atoms with E-state index in [2.05, 4.69) is 20.6 Å². The van der Waals surface area contributed by atoms with Crippen LogP contribution in [0.5, 0.6) is 0 Å². The highest BCUT2D eigenvalue weighted by Gasteiger charge is 2.39. The fourth-order valence-corrected chi connectivity index (χ4v) is 3.65. The number of H-pyrrole nitrogens is 1. The molecule has 3 N–H and O–H groups in total. The van der Waals surface area contributed by atoms with Crippen LogP contribution in [0.4, 0.5) is 5.69 Å². The van der Waals surface area contributed by atoms with Gasteiger partial charge in [-0.15, -0.1) is 0 Å². The van der Waals surface area contributed by atoms with E-state index in [0.717, 1.165) is 55.1 Å². The minimum Gasteiger partial charge on any atom is -0.370 e. The van der Waals surface area contributed by atoms with Crippen LogP contribution in [0.3, 0.4) is 0 Å². The van der Waals surface area contributed by atoms with Gasteiger partial charge in [-0.2, -0.15) is 0 Å². The Hall–Kier alpha value is -1.96. The number of carbonyl (C=O) groups is 1. The lowest BCUT2D eigenvalue weighted by Crippen LogP contribution is -2.51. The molecule has 2 saturated heterocycles. The third-order valence-electron chi connectivity index (χ3n) is 5.21. The molecule has 0 spiro atoms. The van der Waals surface area contributed by atoms with Gasteiger partial charge in [0.25, 0.3) is 5.91 Å². The van der Waals surface area contributed by atoms with Crippen LogP contribution < -0.4 is 10.6 Å². The van der Waals surface area contributed by atoms with Gasteiger partial charge < -0.3 is 25.1 Å². The Kier molecular flexibility index (Phi) is 4.45. The summed E-state index contributed by atoms with van der Waals surface area (Å²) in [5, 5.41) is 6.26. The quantitative estimate of drug-likeness (QED) is 0.791. The monoisotopic (exact) mass is 344 g/mol. The van der Waals surface area contributed by atoms with Crippen LogP contribution in [-0.4, -0.2) is 48.3 Å². The first-order chi connectivity index (χ1) is 12.2. The van der Waals surface area contributed by atoms with E-state index in [1.54, 1.807) is 7.11 Å². The summed E-state index contributed by atoms with van der Waals surface area (Å²) in [6.07, 6.45) is 3.46. The summed E-state index contributed by atoms with van der Waals surface area (Å²) in [4.78, 5) is 20.7. The molecule has 1 amide bonds. The third-order valence-corrected chi connectivity index (χ3v) is 5.21. The molecule has 134 valence electrons. The number of rotatable bonds is 4. The molecule has 2 aliphatic heterocycles. The van der Waals surface area contributed by atoms with Crippen LogP contribution in [0.1, 0.15) is 37.6 Å². The Balaban J connectivity index is 1.53. The number of ether oxygens (including phenoxy) is 2. The van der Waals surface area contributed by atoms with E-state index in [-0.39, 0.29) is 12.0 Å². The topological polar surface area (TPSA) is 88.3 Å². The molecule has 3 heterocycles. The van der Waals surface area contributed by atoms with E-state index >= 15 is 0 Å². The number of anilines is 1. The lowest BCUT2D eigenvalue weighted by Gasteiger charge is -2.34. The van der Waals surface area contributed by atoms with Gasteiger partial charge in [-0.25, -0.2) is 4.98 Å². The molecule has 2 aromatic rings. The summed E-state index contributed by atoms with van der Waals surface area (Å²) in [7, 11) is 1.61. The summed E-state index contributed by atoms with van der Waals surface area (Å²) in [6, 6.07) is 5.72. The molecule has 0 saturated carbocycles. The number of aromatic amines is 1. The predicted molar refractivity (Wildman–Crippen MR) is 94.5 cm³/mol. The first-order valence-corrected chi connectivity index (χ1v) is 8.89. The lowest BCUT2D eigenvalue weighted by atomic mass is 9.91. The molecule has 7 nitrogen and oxygen atoms in total. The van der Waals surface area contributed by atoms with Gasteiger partial charge in [0.2, 0.25) is 0 Å². The standard InChI is InChI=1S/C18H24N4O3/c1-24-18(6-8-19-9-7-18)17(23)20-12-4-5-13-14(11-12)22-16(21-13)15-3-2-10-25-15/h4-5,11,15,19H,2-3,6-10H2,1H3,(H,20,23)(H,21,22). The number of benzene rings is 1. The zero-order valence-electron chi connectivity index (χ0n) is 14.4. The first-order valence-electron chi connectivity index (χ1n) is 8.89. The number of hydrogen-bond donors (Lipinski definition) is 3. The van der Waals surface area contributed by atoms with Crippen LogP contribution in [0.15, 0.2) is 18.2 Å². The van der Waals surface area contributed by atoms with Crippen molar-refractivity contribution < 1.29 is 14.3 Å². The van der Waals surface area contributed by atoms with Gasteiger partial charge in [-0.3, -0.25) is 4.79 Å². The summed E-state index contributed by atoms with van der Waals surface area (Å²) >= 11 is 0.